The van der Waals surface area contributed by atoms with E-state index in [1.807, 2.05) is 29.4 Å². The van der Waals surface area contributed by atoms with E-state index in [9.17, 15) is 4.79 Å². The van der Waals surface area contributed by atoms with Crippen LogP contribution in [0, 0.1) is 12.8 Å². The number of aliphatic carboxylic acids is 1. The molecule has 1 aliphatic heterocycles. The van der Waals surface area contributed by atoms with Crippen LogP contribution in [0.15, 0.2) is 23.1 Å². The van der Waals surface area contributed by atoms with Gasteiger partial charge in [-0.1, -0.05) is 11.6 Å². The average molecular weight is 258 g/mol. The molecule has 1 heterocycles. The van der Waals surface area contributed by atoms with Crippen molar-refractivity contribution in [3.8, 4) is 0 Å². The van der Waals surface area contributed by atoms with E-state index in [0.717, 1.165) is 15.5 Å². The van der Waals surface area contributed by atoms with Gasteiger partial charge in [0.05, 0.1) is 5.92 Å². The molecule has 0 atom stereocenters. The first-order chi connectivity index (χ1) is 7.54. The van der Waals surface area contributed by atoms with Crippen LogP contribution in [0.5, 0.6) is 0 Å². The van der Waals surface area contributed by atoms with E-state index < -0.39 is 5.97 Å². The molecule has 0 aromatic heterocycles. The van der Waals surface area contributed by atoms with Crippen LogP contribution in [0.2, 0.25) is 5.02 Å². The van der Waals surface area contributed by atoms with Gasteiger partial charge in [-0.3, -0.25) is 4.79 Å². The lowest BCUT2D eigenvalue weighted by molar-refractivity contribution is -0.145. The highest BCUT2D eigenvalue weighted by Crippen LogP contribution is 2.32. The van der Waals surface area contributed by atoms with Gasteiger partial charge >= 0.3 is 5.97 Å². The van der Waals surface area contributed by atoms with Crippen LogP contribution < -0.4 is 0 Å². The summed E-state index contributed by atoms with van der Waals surface area (Å²) in [6.07, 6.45) is 0. The highest BCUT2D eigenvalue weighted by molar-refractivity contribution is 7.97. The van der Waals surface area contributed by atoms with Crippen molar-refractivity contribution in [2.75, 3.05) is 13.1 Å². The lowest BCUT2D eigenvalue weighted by Gasteiger charge is -2.35. The Balaban J connectivity index is 1.94. The Kier molecular flexibility index (Phi) is 3.42. The summed E-state index contributed by atoms with van der Waals surface area (Å²) in [5.41, 5.74) is 1.12. The van der Waals surface area contributed by atoms with Crippen LogP contribution in [-0.4, -0.2) is 28.5 Å². The molecule has 3 nitrogen and oxygen atoms in total. The minimum Gasteiger partial charge on any atom is -0.481 e. The molecule has 0 saturated carbocycles. The van der Waals surface area contributed by atoms with E-state index in [1.165, 1.54) is 0 Å². The number of aryl methyl sites for hydroxylation is 1. The second kappa shape index (κ2) is 4.65. The Labute approximate surface area is 104 Å². The smallest absolute Gasteiger partial charge is 0.309 e. The van der Waals surface area contributed by atoms with Gasteiger partial charge in [-0.05, 0) is 42.6 Å². The van der Waals surface area contributed by atoms with Gasteiger partial charge in [0.2, 0.25) is 0 Å². The third-order valence-electron chi connectivity index (χ3n) is 2.45. The maximum Gasteiger partial charge on any atom is 0.309 e. The SMILES string of the molecule is Cc1cc(Cl)cc(SN2CC(C(=O)O)C2)c1. The van der Waals surface area contributed by atoms with Gasteiger partial charge in [-0.2, -0.15) is 0 Å². The molecule has 1 fully saturated rings. The minimum absolute atomic E-state index is 0.215. The molecule has 0 unspecified atom stereocenters. The summed E-state index contributed by atoms with van der Waals surface area (Å²) < 4.78 is 2.03. The quantitative estimate of drug-likeness (QED) is 0.846. The number of hydrogen-bond acceptors (Lipinski definition) is 3. The zero-order valence-corrected chi connectivity index (χ0v) is 10.4. The molecule has 0 radical (unpaired) electrons. The standard InChI is InChI=1S/C11H12ClNO2S/c1-7-2-9(12)4-10(3-7)16-13-5-8(6-13)11(14)15/h2-4,8H,5-6H2,1H3,(H,14,15). The number of rotatable bonds is 3. The maximum absolute atomic E-state index is 10.6. The largest absolute Gasteiger partial charge is 0.481 e. The number of benzene rings is 1. The zero-order chi connectivity index (χ0) is 11.7. The summed E-state index contributed by atoms with van der Waals surface area (Å²) in [4.78, 5) is 11.7. The van der Waals surface area contributed by atoms with Gasteiger partial charge in [0.15, 0.2) is 0 Å². The highest BCUT2D eigenvalue weighted by atomic mass is 35.5. The highest BCUT2D eigenvalue weighted by Gasteiger charge is 2.33. The van der Waals surface area contributed by atoms with Crippen LogP contribution in [-0.2, 0) is 4.79 Å². The van der Waals surface area contributed by atoms with E-state index in [4.69, 9.17) is 16.7 Å². The molecule has 1 N–H and O–H groups in total. The molecule has 1 aromatic rings. The molecule has 0 spiro atoms. The number of carboxylic acid groups (broad SMARTS) is 1. The van der Waals surface area contributed by atoms with Gasteiger partial charge in [-0.25, -0.2) is 4.31 Å². The van der Waals surface area contributed by atoms with Crippen molar-refractivity contribution in [2.24, 2.45) is 5.92 Å². The summed E-state index contributed by atoms with van der Waals surface area (Å²) in [6, 6.07) is 5.85. The lowest BCUT2D eigenvalue weighted by Crippen LogP contribution is -2.46. The number of carbonyl (C=O) groups is 1. The molecule has 1 aromatic carbocycles. The summed E-state index contributed by atoms with van der Waals surface area (Å²) in [5.74, 6) is -0.924. The Morgan fingerprint density at radius 3 is 2.75 bits per heavy atom. The first kappa shape index (κ1) is 11.8. The Morgan fingerprint density at radius 1 is 1.50 bits per heavy atom. The maximum atomic E-state index is 10.6. The molecule has 1 aliphatic rings. The lowest BCUT2D eigenvalue weighted by atomic mass is 10.0. The molecule has 0 amide bonds. The van der Waals surface area contributed by atoms with Crippen LogP contribution in [0.3, 0.4) is 0 Å². The van der Waals surface area contributed by atoms with Crippen LogP contribution in [0.4, 0.5) is 0 Å². The topological polar surface area (TPSA) is 40.5 Å². The second-order valence-electron chi connectivity index (χ2n) is 3.94. The molecule has 2 rings (SSSR count). The van der Waals surface area contributed by atoms with Crippen LogP contribution in [0.1, 0.15) is 5.56 Å². The molecule has 16 heavy (non-hydrogen) atoms. The molecule has 0 bridgehead atoms. The van der Waals surface area contributed by atoms with E-state index in [1.54, 1.807) is 11.9 Å². The van der Waals surface area contributed by atoms with Crippen molar-refractivity contribution in [3.05, 3.63) is 28.8 Å². The fourth-order valence-corrected chi connectivity index (χ4v) is 3.15. The van der Waals surface area contributed by atoms with Gasteiger partial charge in [0.1, 0.15) is 0 Å². The molecular formula is C11H12ClNO2S. The van der Waals surface area contributed by atoms with Crippen molar-refractivity contribution in [1.29, 1.82) is 0 Å². The number of hydrogen-bond donors (Lipinski definition) is 1. The molecule has 1 saturated heterocycles. The predicted molar refractivity (Wildman–Crippen MR) is 64.7 cm³/mol. The van der Waals surface area contributed by atoms with Gasteiger partial charge < -0.3 is 5.11 Å². The second-order valence-corrected chi connectivity index (χ2v) is 5.54. The van der Waals surface area contributed by atoms with Crippen molar-refractivity contribution in [1.82, 2.24) is 4.31 Å². The fraction of sp³-hybridized carbons (Fsp3) is 0.364. The third kappa shape index (κ3) is 2.70. The Hall–Kier alpha value is -0.710. The van der Waals surface area contributed by atoms with Crippen molar-refractivity contribution < 1.29 is 9.90 Å². The van der Waals surface area contributed by atoms with Crippen LogP contribution in [0.25, 0.3) is 0 Å². The van der Waals surface area contributed by atoms with E-state index >= 15 is 0 Å². The minimum atomic E-state index is -0.709. The molecule has 86 valence electrons. The first-order valence-corrected chi connectivity index (χ1v) is 6.12. The van der Waals surface area contributed by atoms with Gasteiger partial charge in [-0.15, -0.1) is 0 Å². The molecule has 0 aliphatic carbocycles. The molecular weight excluding hydrogens is 246 g/mol. The summed E-state index contributed by atoms with van der Waals surface area (Å²) in [7, 11) is 0. The van der Waals surface area contributed by atoms with Gasteiger partial charge in [0, 0.05) is 23.0 Å². The fourth-order valence-electron chi connectivity index (χ4n) is 1.57. The monoisotopic (exact) mass is 257 g/mol. The molecule has 5 heteroatoms. The zero-order valence-electron chi connectivity index (χ0n) is 8.81. The van der Waals surface area contributed by atoms with E-state index in [2.05, 4.69) is 0 Å². The number of halogens is 1. The summed E-state index contributed by atoms with van der Waals surface area (Å²) >= 11 is 7.51. The van der Waals surface area contributed by atoms with Crippen LogP contribution >= 0.6 is 23.5 Å². The first-order valence-electron chi connectivity index (χ1n) is 4.97. The Morgan fingerprint density at radius 2 is 2.19 bits per heavy atom. The van der Waals surface area contributed by atoms with E-state index in [-0.39, 0.29) is 5.92 Å². The summed E-state index contributed by atoms with van der Waals surface area (Å²) in [5, 5.41) is 9.47. The van der Waals surface area contributed by atoms with Crippen molar-refractivity contribution >= 4 is 29.5 Å². The van der Waals surface area contributed by atoms with Crippen molar-refractivity contribution in [2.45, 2.75) is 11.8 Å². The normalized spacial score (nSPS) is 17.1. The Bertz CT molecular complexity index is 398. The van der Waals surface area contributed by atoms with E-state index in [0.29, 0.717) is 13.1 Å². The number of nitrogens with zero attached hydrogens (tertiary/aromatic N) is 1. The van der Waals surface area contributed by atoms with Gasteiger partial charge in [0.25, 0.3) is 0 Å². The third-order valence-corrected chi connectivity index (χ3v) is 3.67. The van der Waals surface area contributed by atoms with Crippen molar-refractivity contribution in [3.63, 3.8) is 0 Å². The summed E-state index contributed by atoms with van der Waals surface area (Å²) in [6.45, 7) is 3.20. The predicted octanol–water partition coefficient (Wildman–Crippen LogP) is 2.67. The average Bonchev–Trinajstić information content (AvgIpc) is 2.08. The number of carboxylic acids is 1.